The Hall–Kier alpha value is -4.23. The molecule has 0 aromatic heterocycles. The van der Waals surface area contributed by atoms with Crippen molar-refractivity contribution in [2.24, 2.45) is 0 Å². The molecule has 1 heterocycles. The molecule has 37 heavy (non-hydrogen) atoms. The van der Waals surface area contributed by atoms with E-state index in [1.54, 1.807) is 23.1 Å². The summed E-state index contributed by atoms with van der Waals surface area (Å²) in [6, 6.07) is 18.5. The summed E-state index contributed by atoms with van der Waals surface area (Å²) in [4.78, 5) is 27.3. The van der Waals surface area contributed by atoms with E-state index in [-0.39, 0.29) is 35.1 Å². The van der Waals surface area contributed by atoms with Crippen molar-refractivity contribution in [3.05, 3.63) is 89.2 Å². The molecule has 1 aliphatic heterocycles. The lowest BCUT2D eigenvalue weighted by Gasteiger charge is -2.30. The van der Waals surface area contributed by atoms with Crippen molar-refractivity contribution >= 4 is 33.2 Å². The molecule has 0 aliphatic carbocycles. The quantitative estimate of drug-likeness (QED) is 0.436. The van der Waals surface area contributed by atoms with Crippen molar-refractivity contribution < 1.29 is 22.4 Å². The lowest BCUT2D eigenvalue weighted by Crippen LogP contribution is -2.36. The molecule has 3 aromatic rings. The molecule has 0 atom stereocenters. The molecule has 3 amide bonds. The highest BCUT2D eigenvalue weighted by Crippen LogP contribution is 2.28. The summed E-state index contributed by atoms with van der Waals surface area (Å²) in [6.45, 7) is 0.737. The van der Waals surface area contributed by atoms with E-state index in [1.165, 1.54) is 42.5 Å². The highest BCUT2D eigenvalue weighted by atomic mass is 32.2. The van der Waals surface area contributed by atoms with Crippen LogP contribution in [0.2, 0.25) is 0 Å². The van der Waals surface area contributed by atoms with Gasteiger partial charge in [0.1, 0.15) is 5.82 Å². The Morgan fingerprint density at radius 2 is 1.68 bits per heavy atom. The summed E-state index contributed by atoms with van der Waals surface area (Å²) in [7, 11) is -3.51. The zero-order valence-corrected chi connectivity index (χ0v) is 20.7. The van der Waals surface area contributed by atoms with Gasteiger partial charge in [-0.2, -0.15) is 5.26 Å². The maximum Gasteiger partial charge on any atom is 0.323 e. The van der Waals surface area contributed by atoms with E-state index in [4.69, 9.17) is 5.26 Å². The van der Waals surface area contributed by atoms with Gasteiger partial charge in [0.2, 0.25) is 0 Å². The molecule has 0 saturated heterocycles. The summed E-state index contributed by atoms with van der Waals surface area (Å²) in [5.74, 6) is -0.882. The van der Waals surface area contributed by atoms with Crippen LogP contribution in [0, 0.1) is 17.1 Å². The molecule has 0 radical (unpaired) electrons. The van der Waals surface area contributed by atoms with Gasteiger partial charge in [-0.1, -0.05) is 24.3 Å². The number of amides is 3. The Balaban J connectivity index is 1.42. The number of halogens is 1. The number of sulfone groups is 1. The second kappa shape index (κ2) is 11.2. The summed E-state index contributed by atoms with van der Waals surface area (Å²) in [5, 5.41) is 13.9. The van der Waals surface area contributed by atoms with Crippen LogP contribution in [0.25, 0.3) is 0 Å². The van der Waals surface area contributed by atoms with E-state index in [0.29, 0.717) is 30.8 Å². The van der Waals surface area contributed by atoms with Gasteiger partial charge in [0, 0.05) is 30.8 Å². The maximum atomic E-state index is 13.8. The number of nitrogens with one attached hydrogen (secondary N) is 2. The Morgan fingerprint density at radius 3 is 2.41 bits per heavy atom. The van der Waals surface area contributed by atoms with Crippen molar-refractivity contribution in [3.63, 3.8) is 0 Å². The molecular formula is C27H25FN4O4S. The molecule has 0 bridgehead atoms. The van der Waals surface area contributed by atoms with Gasteiger partial charge in [-0.25, -0.2) is 17.6 Å². The van der Waals surface area contributed by atoms with Gasteiger partial charge in [0.15, 0.2) is 9.84 Å². The molecule has 0 saturated carbocycles. The van der Waals surface area contributed by atoms with E-state index in [9.17, 15) is 22.4 Å². The minimum Gasteiger partial charge on any atom is -0.334 e. The Kier molecular flexibility index (Phi) is 7.84. The van der Waals surface area contributed by atoms with Crippen molar-refractivity contribution in [2.45, 2.75) is 30.7 Å². The molecule has 0 unspecified atom stereocenters. The standard InChI is InChI=1S/C27H25FN4O4S/c28-23-7-1-2-8-25(23)31-27(34)30-24-9-5-6-20-18-32(16-14-22(20)24)26(33)19-10-12-21(13-11-19)37(35,36)17-4-3-15-29/h1-2,5-13H,3-4,14,16-18H2,(H2,30,31,34). The lowest BCUT2D eigenvalue weighted by molar-refractivity contribution is 0.0734. The number of hydrogen-bond acceptors (Lipinski definition) is 5. The van der Waals surface area contributed by atoms with Gasteiger partial charge < -0.3 is 15.5 Å². The minimum atomic E-state index is -3.51. The van der Waals surface area contributed by atoms with Crippen LogP contribution in [0.3, 0.4) is 0 Å². The largest absolute Gasteiger partial charge is 0.334 e. The van der Waals surface area contributed by atoms with Crippen LogP contribution in [0.5, 0.6) is 0 Å². The molecular weight excluding hydrogens is 495 g/mol. The topological polar surface area (TPSA) is 119 Å². The Labute approximate surface area is 214 Å². The van der Waals surface area contributed by atoms with Gasteiger partial charge in [-0.15, -0.1) is 0 Å². The first-order valence-corrected chi connectivity index (χ1v) is 13.4. The molecule has 1 aliphatic rings. The zero-order chi connectivity index (χ0) is 26.4. The van der Waals surface area contributed by atoms with Crippen molar-refractivity contribution in [1.29, 1.82) is 5.26 Å². The van der Waals surface area contributed by atoms with Gasteiger partial charge in [-0.3, -0.25) is 4.79 Å². The fourth-order valence-corrected chi connectivity index (χ4v) is 5.50. The van der Waals surface area contributed by atoms with E-state index < -0.39 is 21.7 Å². The number of benzene rings is 3. The smallest absolute Gasteiger partial charge is 0.323 e. The van der Waals surface area contributed by atoms with Crippen molar-refractivity contribution in [2.75, 3.05) is 22.9 Å². The number of para-hydroxylation sites is 1. The number of anilines is 2. The zero-order valence-electron chi connectivity index (χ0n) is 19.9. The number of carbonyl (C=O) groups is 2. The summed E-state index contributed by atoms with van der Waals surface area (Å²) in [5.41, 5.74) is 2.80. The van der Waals surface area contributed by atoms with Crippen LogP contribution in [0.4, 0.5) is 20.6 Å². The van der Waals surface area contributed by atoms with Crippen LogP contribution in [-0.4, -0.2) is 37.6 Å². The fraction of sp³-hybridized carbons (Fsp3) is 0.222. The second-order valence-electron chi connectivity index (χ2n) is 8.58. The van der Waals surface area contributed by atoms with Gasteiger partial charge in [0.05, 0.1) is 22.4 Å². The average Bonchev–Trinajstić information content (AvgIpc) is 2.89. The average molecular weight is 521 g/mol. The number of hydrogen-bond donors (Lipinski definition) is 2. The Bertz CT molecular complexity index is 1470. The number of carbonyl (C=O) groups excluding carboxylic acids is 2. The number of unbranched alkanes of at least 4 members (excludes halogenated alkanes) is 1. The Morgan fingerprint density at radius 1 is 0.973 bits per heavy atom. The number of urea groups is 1. The lowest BCUT2D eigenvalue weighted by atomic mass is 9.97. The molecule has 0 fully saturated rings. The molecule has 3 aromatic carbocycles. The van der Waals surface area contributed by atoms with Crippen LogP contribution >= 0.6 is 0 Å². The highest BCUT2D eigenvalue weighted by Gasteiger charge is 2.24. The highest BCUT2D eigenvalue weighted by molar-refractivity contribution is 7.91. The third-order valence-electron chi connectivity index (χ3n) is 6.09. The fourth-order valence-electron chi connectivity index (χ4n) is 4.18. The molecule has 2 N–H and O–H groups in total. The van der Waals surface area contributed by atoms with E-state index >= 15 is 0 Å². The van der Waals surface area contributed by atoms with E-state index in [2.05, 4.69) is 10.6 Å². The first-order chi connectivity index (χ1) is 17.8. The van der Waals surface area contributed by atoms with Gasteiger partial charge in [-0.05, 0) is 66.4 Å². The molecule has 0 spiro atoms. The van der Waals surface area contributed by atoms with Crippen molar-refractivity contribution in [3.8, 4) is 6.07 Å². The SMILES string of the molecule is N#CCCCS(=O)(=O)c1ccc(C(=O)N2CCc3c(cccc3NC(=O)Nc3ccccc3F)C2)cc1. The maximum absolute atomic E-state index is 13.8. The molecule has 8 nitrogen and oxygen atoms in total. The number of nitrogens with zero attached hydrogens (tertiary/aromatic N) is 2. The third kappa shape index (κ3) is 6.13. The number of nitriles is 1. The van der Waals surface area contributed by atoms with Crippen molar-refractivity contribution in [1.82, 2.24) is 4.90 Å². The van der Waals surface area contributed by atoms with E-state index in [1.807, 2.05) is 12.1 Å². The monoisotopic (exact) mass is 520 g/mol. The van der Waals surface area contributed by atoms with Crippen LogP contribution < -0.4 is 10.6 Å². The summed E-state index contributed by atoms with van der Waals surface area (Å²) < 4.78 is 38.6. The van der Waals surface area contributed by atoms with Crippen LogP contribution in [-0.2, 0) is 22.8 Å². The normalized spacial score (nSPS) is 12.8. The van der Waals surface area contributed by atoms with E-state index in [0.717, 1.165) is 11.1 Å². The van der Waals surface area contributed by atoms with Gasteiger partial charge in [0.25, 0.3) is 5.91 Å². The molecule has 10 heteroatoms. The van der Waals surface area contributed by atoms with Crippen LogP contribution in [0.1, 0.15) is 34.3 Å². The summed E-state index contributed by atoms with van der Waals surface area (Å²) in [6.07, 6.45) is 0.927. The predicted molar refractivity (Wildman–Crippen MR) is 137 cm³/mol. The van der Waals surface area contributed by atoms with Gasteiger partial charge >= 0.3 is 6.03 Å². The third-order valence-corrected chi connectivity index (χ3v) is 7.90. The minimum absolute atomic E-state index is 0.0718. The number of fused-ring (bicyclic) bond motifs is 1. The van der Waals surface area contributed by atoms with Crippen LogP contribution in [0.15, 0.2) is 71.6 Å². The predicted octanol–water partition coefficient (Wildman–Crippen LogP) is 4.75. The molecule has 4 rings (SSSR count). The first-order valence-electron chi connectivity index (χ1n) is 11.7. The first kappa shape index (κ1) is 25.9. The molecule has 190 valence electrons. The number of rotatable bonds is 7. The second-order valence-corrected chi connectivity index (χ2v) is 10.7. The summed E-state index contributed by atoms with van der Waals surface area (Å²) >= 11 is 0.